The summed E-state index contributed by atoms with van der Waals surface area (Å²) in [5.41, 5.74) is 2.96. The zero-order valence-corrected chi connectivity index (χ0v) is 13.6. The van der Waals surface area contributed by atoms with Gasteiger partial charge in [0, 0.05) is 10.0 Å². The summed E-state index contributed by atoms with van der Waals surface area (Å²) in [5, 5.41) is 9.72. The summed E-state index contributed by atoms with van der Waals surface area (Å²) in [6.07, 6.45) is 1.83. The lowest BCUT2D eigenvalue weighted by Crippen LogP contribution is -2.15. The highest BCUT2D eigenvalue weighted by atomic mass is 79.9. The first-order valence-electron chi connectivity index (χ1n) is 5.84. The Labute approximate surface area is 129 Å². The standard InChI is InChI=1S/C14H12BrN3OS/c1-7-8(2)11(15)5-4-9(7)12-10(6-16)13(19)18-14(17-12)20-3/h4-5H,1-3H3,(H,17,18,19). The summed E-state index contributed by atoms with van der Waals surface area (Å²) in [6, 6.07) is 5.73. The van der Waals surface area contributed by atoms with Crippen molar-refractivity contribution >= 4 is 27.7 Å². The van der Waals surface area contributed by atoms with Crippen molar-refractivity contribution in [1.82, 2.24) is 9.97 Å². The van der Waals surface area contributed by atoms with Gasteiger partial charge < -0.3 is 4.98 Å². The van der Waals surface area contributed by atoms with Crippen LogP contribution in [0.5, 0.6) is 0 Å². The van der Waals surface area contributed by atoms with E-state index in [2.05, 4.69) is 25.9 Å². The van der Waals surface area contributed by atoms with Crippen LogP contribution < -0.4 is 5.56 Å². The van der Waals surface area contributed by atoms with Crippen molar-refractivity contribution in [3.63, 3.8) is 0 Å². The van der Waals surface area contributed by atoms with Crippen LogP contribution in [0.4, 0.5) is 0 Å². The second kappa shape index (κ2) is 5.81. The zero-order valence-electron chi connectivity index (χ0n) is 11.2. The number of nitriles is 1. The van der Waals surface area contributed by atoms with Crippen LogP contribution in [-0.2, 0) is 0 Å². The fourth-order valence-corrected chi connectivity index (χ4v) is 2.70. The highest BCUT2D eigenvalue weighted by Crippen LogP contribution is 2.30. The second-order valence-corrected chi connectivity index (χ2v) is 5.90. The van der Waals surface area contributed by atoms with Gasteiger partial charge in [-0.2, -0.15) is 5.26 Å². The predicted molar refractivity (Wildman–Crippen MR) is 84.0 cm³/mol. The molecule has 0 unspecified atom stereocenters. The molecular weight excluding hydrogens is 338 g/mol. The van der Waals surface area contributed by atoms with E-state index in [9.17, 15) is 10.1 Å². The highest BCUT2D eigenvalue weighted by molar-refractivity contribution is 9.10. The van der Waals surface area contributed by atoms with Gasteiger partial charge in [-0.1, -0.05) is 33.8 Å². The molecule has 0 fully saturated rings. The topological polar surface area (TPSA) is 69.5 Å². The number of halogens is 1. The van der Waals surface area contributed by atoms with Crippen LogP contribution in [0.2, 0.25) is 0 Å². The molecule has 2 aromatic rings. The fourth-order valence-electron chi connectivity index (χ4n) is 1.89. The summed E-state index contributed by atoms with van der Waals surface area (Å²) in [7, 11) is 0. The van der Waals surface area contributed by atoms with Crippen LogP contribution in [0.25, 0.3) is 11.3 Å². The molecule has 1 aromatic heterocycles. The molecule has 0 amide bonds. The van der Waals surface area contributed by atoms with Crippen LogP contribution in [0.15, 0.2) is 26.6 Å². The van der Waals surface area contributed by atoms with E-state index in [1.165, 1.54) is 11.8 Å². The van der Waals surface area contributed by atoms with E-state index in [4.69, 9.17) is 0 Å². The molecule has 0 aliphatic heterocycles. The molecule has 0 aliphatic rings. The molecular formula is C14H12BrN3OS. The number of hydrogen-bond acceptors (Lipinski definition) is 4. The van der Waals surface area contributed by atoms with E-state index in [1.807, 2.05) is 38.3 Å². The molecule has 1 aromatic carbocycles. The van der Waals surface area contributed by atoms with Crippen LogP contribution >= 0.6 is 27.7 Å². The fraction of sp³-hybridized carbons (Fsp3) is 0.214. The van der Waals surface area contributed by atoms with Crippen LogP contribution in [0.1, 0.15) is 16.7 Å². The van der Waals surface area contributed by atoms with Crippen molar-refractivity contribution in [1.29, 1.82) is 5.26 Å². The zero-order chi connectivity index (χ0) is 14.9. The summed E-state index contributed by atoms with van der Waals surface area (Å²) < 4.78 is 0.993. The Morgan fingerprint density at radius 1 is 1.35 bits per heavy atom. The van der Waals surface area contributed by atoms with E-state index < -0.39 is 5.56 Å². The second-order valence-electron chi connectivity index (χ2n) is 4.26. The molecule has 6 heteroatoms. The Morgan fingerprint density at radius 3 is 2.65 bits per heavy atom. The van der Waals surface area contributed by atoms with Crippen molar-refractivity contribution in [2.45, 2.75) is 19.0 Å². The largest absolute Gasteiger partial charge is 0.300 e. The molecule has 0 saturated carbocycles. The number of rotatable bonds is 2. The van der Waals surface area contributed by atoms with Crippen LogP contribution in [0.3, 0.4) is 0 Å². The molecule has 0 atom stereocenters. The van der Waals surface area contributed by atoms with Gasteiger partial charge in [-0.15, -0.1) is 0 Å². The molecule has 0 aliphatic carbocycles. The minimum absolute atomic E-state index is 0.0487. The average Bonchev–Trinajstić information content (AvgIpc) is 2.44. The number of aromatic nitrogens is 2. The Balaban J connectivity index is 2.82. The molecule has 0 radical (unpaired) electrons. The van der Waals surface area contributed by atoms with Gasteiger partial charge >= 0.3 is 0 Å². The third-order valence-corrected chi connectivity index (χ3v) is 4.62. The van der Waals surface area contributed by atoms with Crippen molar-refractivity contribution in [3.8, 4) is 17.3 Å². The molecule has 0 spiro atoms. The van der Waals surface area contributed by atoms with E-state index in [-0.39, 0.29) is 5.56 Å². The molecule has 0 bridgehead atoms. The van der Waals surface area contributed by atoms with Crippen molar-refractivity contribution in [3.05, 3.63) is 43.6 Å². The minimum Gasteiger partial charge on any atom is -0.300 e. The first-order valence-corrected chi connectivity index (χ1v) is 7.85. The molecule has 4 nitrogen and oxygen atoms in total. The molecule has 20 heavy (non-hydrogen) atoms. The van der Waals surface area contributed by atoms with Gasteiger partial charge in [0.2, 0.25) is 0 Å². The maximum atomic E-state index is 11.9. The molecule has 1 heterocycles. The number of H-pyrrole nitrogens is 1. The predicted octanol–water partition coefficient (Wildman–Crippen LogP) is 3.41. The maximum Gasteiger partial charge on any atom is 0.270 e. The van der Waals surface area contributed by atoms with Gasteiger partial charge in [-0.05, 0) is 37.3 Å². The van der Waals surface area contributed by atoms with Crippen molar-refractivity contribution < 1.29 is 0 Å². The number of benzene rings is 1. The van der Waals surface area contributed by atoms with Crippen molar-refractivity contribution in [2.24, 2.45) is 0 Å². The minimum atomic E-state index is -0.401. The lowest BCUT2D eigenvalue weighted by molar-refractivity contribution is 0.936. The number of nitrogens with zero attached hydrogens (tertiary/aromatic N) is 2. The summed E-state index contributed by atoms with van der Waals surface area (Å²) in [4.78, 5) is 18.9. The Hall–Kier alpha value is -1.58. The Bertz CT molecular complexity index is 777. The summed E-state index contributed by atoms with van der Waals surface area (Å²) in [5.74, 6) is 0. The smallest absolute Gasteiger partial charge is 0.270 e. The SMILES string of the molecule is CSc1nc(-c2ccc(Br)c(C)c2C)c(C#N)c(=O)[nH]1. The van der Waals surface area contributed by atoms with Crippen LogP contribution in [-0.4, -0.2) is 16.2 Å². The average molecular weight is 350 g/mol. The van der Waals surface area contributed by atoms with E-state index in [0.29, 0.717) is 10.9 Å². The van der Waals surface area contributed by atoms with Gasteiger partial charge in [-0.3, -0.25) is 4.79 Å². The quantitative estimate of drug-likeness (QED) is 0.666. The van der Waals surface area contributed by atoms with Gasteiger partial charge in [0.1, 0.15) is 11.6 Å². The van der Waals surface area contributed by atoms with E-state index in [0.717, 1.165) is 21.2 Å². The number of aromatic amines is 1. The lowest BCUT2D eigenvalue weighted by atomic mass is 9.98. The number of hydrogen-bond donors (Lipinski definition) is 1. The number of thioether (sulfide) groups is 1. The first-order chi connectivity index (χ1) is 9.49. The highest BCUT2D eigenvalue weighted by Gasteiger charge is 2.16. The third-order valence-electron chi connectivity index (χ3n) is 3.18. The Morgan fingerprint density at radius 2 is 2.05 bits per heavy atom. The third kappa shape index (κ3) is 2.51. The van der Waals surface area contributed by atoms with Gasteiger partial charge in [0.15, 0.2) is 5.16 Å². The van der Waals surface area contributed by atoms with Crippen molar-refractivity contribution in [2.75, 3.05) is 6.26 Å². The van der Waals surface area contributed by atoms with E-state index >= 15 is 0 Å². The molecule has 1 N–H and O–H groups in total. The maximum absolute atomic E-state index is 11.9. The molecule has 2 rings (SSSR count). The van der Waals surface area contributed by atoms with Crippen LogP contribution in [0, 0.1) is 25.2 Å². The normalized spacial score (nSPS) is 10.3. The summed E-state index contributed by atoms with van der Waals surface area (Å²) in [6.45, 7) is 3.94. The number of nitrogens with one attached hydrogen (secondary N) is 1. The van der Waals surface area contributed by atoms with Gasteiger partial charge in [0.05, 0.1) is 5.69 Å². The molecule has 102 valence electrons. The van der Waals surface area contributed by atoms with Gasteiger partial charge in [0.25, 0.3) is 5.56 Å². The van der Waals surface area contributed by atoms with Gasteiger partial charge in [-0.25, -0.2) is 4.98 Å². The Kier molecular flexibility index (Phi) is 4.31. The monoisotopic (exact) mass is 349 g/mol. The first kappa shape index (κ1) is 14.8. The molecule has 0 saturated heterocycles. The van der Waals surface area contributed by atoms with E-state index in [1.54, 1.807) is 0 Å². The lowest BCUT2D eigenvalue weighted by Gasteiger charge is -2.11. The summed E-state index contributed by atoms with van der Waals surface area (Å²) >= 11 is 4.81.